The molecule has 0 aliphatic rings. The summed E-state index contributed by atoms with van der Waals surface area (Å²) in [4.78, 5) is 4.45. The van der Waals surface area contributed by atoms with E-state index in [1.165, 1.54) is 12.1 Å². The van der Waals surface area contributed by atoms with Crippen LogP contribution in [-0.4, -0.2) is 28.3 Å². The number of hydrogen-bond acceptors (Lipinski definition) is 5. The van der Waals surface area contributed by atoms with Crippen molar-refractivity contribution in [1.82, 2.24) is 14.8 Å². The molecule has 0 saturated heterocycles. The lowest BCUT2D eigenvalue weighted by atomic mass is 9.99. The molecule has 0 saturated carbocycles. The summed E-state index contributed by atoms with van der Waals surface area (Å²) in [6.45, 7) is 5.10. The Bertz CT molecular complexity index is 1320. The molecule has 154 valence electrons. The topological polar surface area (TPSA) is 97.1 Å². The molecular formula is C22H22N4O3S. The van der Waals surface area contributed by atoms with E-state index < -0.39 is 15.6 Å². The number of nitrogens with zero attached hydrogens (tertiary/aromatic N) is 3. The van der Waals surface area contributed by atoms with Crippen molar-refractivity contribution in [2.24, 2.45) is 0 Å². The van der Waals surface area contributed by atoms with Crippen molar-refractivity contribution in [2.45, 2.75) is 31.3 Å². The highest BCUT2D eigenvalue weighted by atomic mass is 32.2. The van der Waals surface area contributed by atoms with Crippen LogP contribution in [0.15, 0.2) is 71.8 Å². The van der Waals surface area contributed by atoms with E-state index >= 15 is 0 Å². The zero-order valence-corrected chi connectivity index (χ0v) is 17.7. The van der Waals surface area contributed by atoms with Crippen molar-refractivity contribution in [3.63, 3.8) is 0 Å². The Balaban J connectivity index is 1.74. The van der Waals surface area contributed by atoms with E-state index in [1.807, 2.05) is 30.3 Å². The van der Waals surface area contributed by atoms with E-state index in [0.717, 1.165) is 16.6 Å². The lowest BCUT2D eigenvalue weighted by Gasteiger charge is -2.18. The second-order valence-electron chi connectivity index (χ2n) is 7.62. The van der Waals surface area contributed by atoms with Gasteiger partial charge < -0.3 is 5.11 Å². The van der Waals surface area contributed by atoms with Gasteiger partial charge in [-0.3, -0.25) is 9.71 Å². The molecule has 4 rings (SSSR count). The zero-order valence-electron chi connectivity index (χ0n) is 16.9. The minimum absolute atomic E-state index is 0.0977. The number of aromatic nitrogens is 3. The predicted molar refractivity (Wildman–Crippen MR) is 116 cm³/mol. The number of anilines is 1. The average Bonchev–Trinajstić information content (AvgIpc) is 3.06. The van der Waals surface area contributed by atoms with Crippen LogP contribution in [0, 0.1) is 6.92 Å². The molecule has 8 heteroatoms. The Morgan fingerprint density at radius 1 is 1.03 bits per heavy atom. The first-order valence-corrected chi connectivity index (χ1v) is 10.9. The molecule has 4 aromatic rings. The first-order valence-electron chi connectivity index (χ1n) is 9.42. The lowest BCUT2D eigenvalue weighted by Crippen LogP contribution is -2.18. The number of pyridine rings is 1. The molecule has 0 aliphatic heterocycles. The van der Waals surface area contributed by atoms with Crippen molar-refractivity contribution in [3.8, 4) is 5.69 Å². The van der Waals surface area contributed by atoms with Gasteiger partial charge in [-0.25, -0.2) is 13.1 Å². The lowest BCUT2D eigenvalue weighted by molar-refractivity contribution is 0.0785. The normalized spacial score (nSPS) is 12.3. The summed E-state index contributed by atoms with van der Waals surface area (Å²) in [5, 5.41) is 15.4. The van der Waals surface area contributed by atoms with Gasteiger partial charge in [-0.2, -0.15) is 5.10 Å². The number of aliphatic hydroxyl groups is 1. The van der Waals surface area contributed by atoms with Crippen LogP contribution in [0.2, 0.25) is 0 Å². The number of aryl methyl sites for hydroxylation is 1. The Morgan fingerprint density at radius 2 is 1.77 bits per heavy atom. The van der Waals surface area contributed by atoms with Crippen molar-refractivity contribution < 1.29 is 13.5 Å². The van der Waals surface area contributed by atoms with Gasteiger partial charge in [0, 0.05) is 17.6 Å². The molecule has 0 unspecified atom stereocenters. The van der Waals surface area contributed by atoms with Crippen molar-refractivity contribution in [3.05, 3.63) is 78.1 Å². The van der Waals surface area contributed by atoms with Gasteiger partial charge in [0.05, 0.1) is 27.4 Å². The van der Waals surface area contributed by atoms with E-state index in [4.69, 9.17) is 0 Å². The van der Waals surface area contributed by atoms with Gasteiger partial charge in [-0.05, 0) is 62.7 Å². The highest BCUT2D eigenvalue weighted by Crippen LogP contribution is 2.27. The molecular weight excluding hydrogens is 400 g/mol. The van der Waals surface area contributed by atoms with Gasteiger partial charge in [0.25, 0.3) is 10.0 Å². The minimum atomic E-state index is -3.85. The van der Waals surface area contributed by atoms with Gasteiger partial charge in [-0.1, -0.05) is 18.2 Å². The van der Waals surface area contributed by atoms with Crippen LogP contribution in [0.5, 0.6) is 0 Å². The highest BCUT2D eigenvalue weighted by Gasteiger charge is 2.21. The average molecular weight is 423 g/mol. The summed E-state index contributed by atoms with van der Waals surface area (Å²) in [7, 11) is -3.85. The van der Waals surface area contributed by atoms with Gasteiger partial charge in [0.15, 0.2) is 0 Å². The van der Waals surface area contributed by atoms with E-state index in [2.05, 4.69) is 14.8 Å². The Kier molecular flexibility index (Phi) is 4.83. The van der Waals surface area contributed by atoms with Crippen molar-refractivity contribution in [2.75, 3.05) is 4.72 Å². The van der Waals surface area contributed by atoms with Gasteiger partial charge >= 0.3 is 0 Å². The SMILES string of the molecule is Cc1cc(NS(=O)(=O)c2ccc(C(C)(C)O)cc2)n(-c2cccc3ncccc23)n1. The maximum atomic E-state index is 13.0. The largest absolute Gasteiger partial charge is 0.386 e. The minimum Gasteiger partial charge on any atom is -0.386 e. The molecule has 0 atom stereocenters. The van der Waals surface area contributed by atoms with Crippen LogP contribution in [-0.2, 0) is 15.6 Å². The molecule has 0 spiro atoms. The summed E-state index contributed by atoms with van der Waals surface area (Å²) >= 11 is 0. The van der Waals surface area contributed by atoms with Crippen molar-refractivity contribution >= 4 is 26.7 Å². The van der Waals surface area contributed by atoms with Crippen LogP contribution in [0.1, 0.15) is 25.1 Å². The number of benzene rings is 2. The maximum Gasteiger partial charge on any atom is 0.263 e. The summed E-state index contributed by atoms with van der Waals surface area (Å²) < 4.78 is 30.2. The number of rotatable bonds is 5. The Hall–Kier alpha value is -3.23. The first-order chi connectivity index (χ1) is 14.1. The fourth-order valence-electron chi connectivity index (χ4n) is 3.27. The van der Waals surface area contributed by atoms with Gasteiger partial charge in [-0.15, -0.1) is 0 Å². The van der Waals surface area contributed by atoms with Crippen LogP contribution in [0.4, 0.5) is 5.82 Å². The Morgan fingerprint density at radius 3 is 2.47 bits per heavy atom. The summed E-state index contributed by atoms with van der Waals surface area (Å²) in [5.41, 5.74) is 1.77. The molecule has 2 aromatic heterocycles. The van der Waals surface area contributed by atoms with Crippen LogP contribution in [0.3, 0.4) is 0 Å². The molecule has 2 aromatic carbocycles. The summed E-state index contributed by atoms with van der Waals surface area (Å²) in [6.07, 6.45) is 1.71. The monoisotopic (exact) mass is 422 g/mol. The third kappa shape index (κ3) is 3.79. The standard InChI is InChI=1S/C22H22N4O3S/c1-15-14-21(25-30(28,29)17-11-9-16(10-12-17)22(2,3)27)26(24-15)20-8-4-7-19-18(20)6-5-13-23-19/h4-14,25,27H,1-3H3. The van der Waals surface area contributed by atoms with E-state index in [1.54, 1.807) is 49.8 Å². The number of fused-ring (bicyclic) bond motifs is 1. The third-order valence-corrected chi connectivity index (χ3v) is 6.16. The molecule has 0 fully saturated rings. The number of hydrogen-bond donors (Lipinski definition) is 2. The predicted octanol–water partition coefficient (Wildman–Crippen LogP) is 3.76. The molecule has 0 aliphatic carbocycles. The smallest absolute Gasteiger partial charge is 0.263 e. The number of sulfonamides is 1. The van der Waals surface area contributed by atoms with E-state index in [0.29, 0.717) is 17.1 Å². The molecule has 30 heavy (non-hydrogen) atoms. The number of nitrogens with one attached hydrogen (secondary N) is 1. The van der Waals surface area contributed by atoms with Crippen LogP contribution in [0.25, 0.3) is 16.6 Å². The molecule has 0 radical (unpaired) electrons. The molecule has 2 heterocycles. The third-order valence-electron chi connectivity index (χ3n) is 4.79. The summed E-state index contributed by atoms with van der Waals surface area (Å²) in [5.74, 6) is 0.329. The van der Waals surface area contributed by atoms with Gasteiger partial charge in [0.1, 0.15) is 5.82 Å². The van der Waals surface area contributed by atoms with Crippen LogP contribution >= 0.6 is 0 Å². The van der Waals surface area contributed by atoms with E-state index in [9.17, 15) is 13.5 Å². The molecule has 7 nitrogen and oxygen atoms in total. The summed E-state index contributed by atoms with van der Waals surface area (Å²) in [6, 6.07) is 17.2. The first kappa shape index (κ1) is 20.1. The fourth-order valence-corrected chi connectivity index (χ4v) is 4.30. The quantitative estimate of drug-likeness (QED) is 0.510. The Labute approximate surface area is 175 Å². The zero-order chi connectivity index (χ0) is 21.5. The second kappa shape index (κ2) is 7.23. The van der Waals surface area contributed by atoms with E-state index in [-0.39, 0.29) is 4.90 Å². The molecule has 0 bridgehead atoms. The fraction of sp³-hybridized carbons (Fsp3) is 0.182. The highest BCUT2D eigenvalue weighted by molar-refractivity contribution is 7.92. The van der Waals surface area contributed by atoms with Crippen LogP contribution < -0.4 is 4.72 Å². The molecule has 0 amide bonds. The second-order valence-corrected chi connectivity index (χ2v) is 9.30. The van der Waals surface area contributed by atoms with Gasteiger partial charge in [0.2, 0.25) is 0 Å². The maximum absolute atomic E-state index is 13.0. The van der Waals surface area contributed by atoms with Crippen molar-refractivity contribution in [1.29, 1.82) is 0 Å². The molecule has 2 N–H and O–H groups in total.